The number of aliphatic hydroxyl groups is 1. The summed E-state index contributed by atoms with van der Waals surface area (Å²) in [5.74, 6) is -0.644. The lowest BCUT2D eigenvalue weighted by atomic mass is 9.75. The Hall–Kier alpha value is -6.03. The molecule has 3 N–H and O–H groups in total. The Morgan fingerprint density at radius 2 is 1.45 bits per heavy atom. The molecule has 10 heteroatoms. The van der Waals surface area contributed by atoms with Crippen LogP contribution in [-0.4, -0.2) is 53.8 Å². The van der Waals surface area contributed by atoms with E-state index in [1.807, 2.05) is 82.3 Å². The molecule has 0 bridgehead atoms. The summed E-state index contributed by atoms with van der Waals surface area (Å²) in [7, 11) is 0. The molecule has 0 heterocycles. The van der Waals surface area contributed by atoms with Gasteiger partial charge in [-0.3, -0.25) is 19.4 Å². The van der Waals surface area contributed by atoms with Crippen LogP contribution in [-0.2, 0) is 36.9 Å². The van der Waals surface area contributed by atoms with Crippen molar-refractivity contribution in [1.82, 2.24) is 10.6 Å². The number of esters is 1. The van der Waals surface area contributed by atoms with Crippen LogP contribution in [0.2, 0.25) is 0 Å². The number of amides is 2. The van der Waals surface area contributed by atoms with Crippen molar-refractivity contribution < 1.29 is 33.8 Å². The second-order valence-electron chi connectivity index (χ2n) is 16.4. The number of carbonyl (C=O) groups excluding carboxylic acids is 4. The Balaban J connectivity index is 0.977. The fourth-order valence-electron chi connectivity index (χ4n) is 7.74. The topological polar surface area (TPSA) is 143 Å². The molecule has 0 saturated heterocycles. The highest BCUT2D eigenvalue weighted by molar-refractivity contribution is 6.23. The van der Waals surface area contributed by atoms with Crippen LogP contribution in [0.5, 0.6) is 0 Å². The van der Waals surface area contributed by atoms with Gasteiger partial charge in [0.25, 0.3) is 0 Å². The average molecular weight is 784 g/mol. The number of Topliss-reactive ketones (excluding diaryl/α,β-unsaturated/α-hetero) is 1. The molecule has 2 aliphatic rings. The first-order valence-corrected chi connectivity index (χ1v) is 20.0. The minimum atomic E-state index is -0.602. The maximum absolute atomic E-state index is 13.2. The molecular formula is C48H53N3O7. The van der Waals surface area contributed by atoms with Crippen molar-refractivity contribution >= 4 is 35.2 Å². The summed E-state index contributed by atoms with van der Waals surface area (Å²) in [6, 6.07) is 32.5. The van der Waals surface area contributed by atoms with Gasteiger partial charge in [-0.1, -0.05) is 119 Å². The number of hydrogen-bond donors (Lipinski definition) is 3. The van der Waals surface area contributed by atoms with Gasteiger partial charge in [0, 0.05) is 37.8 Å². The second kappa shape index (κ2) is 18.9. The van der Waals surface area contributed by atoms with E-state index in [2.05, 4.69) is 34.9 Å². The number of aliphatic hydroxyl groups excluding tert-OH is 1. The van der Waals surface area contributed by atoms with Crippen LogP contribution < -0.4 is 10.6 Å². The lowest BCUT2D eigenvalue weighted by Crippen LogP contribution is -2.41. The first-order valence-electron chi connectivity index (χ1n) is 20.0. The van der Waals surface area contributed by atoms with Crippen LogP contribution in [0.4, 0.5) is 10.5 Å². The third-order valence-corrected chi connectivity index (χ3v) is 10.4. The molecule has 6 rings (SSSR count). The van der Waals surface area contributed by atoms with Gasteiger partial charge >= 0.3 is 12.1 Å². The third-order valence-electron chi connectivity index (χ3n) is 10.4. The Bertz CT molecular complexity index is 2130. The summed E-state index contributed by atoms with van der Waals surface area (Å²) in [5.41, 5.74) is 7.46. The molecule has 302 valence electrons. The van der Waals surface area contributed by atoms with E-state index in [1.54, 1.807) is 24.3 Å². The van der Waals surface area contributed by atoms with Crippen LogP contribution in [0.25, 0.3) is 11.1 Å². The van der Waals surface area contributed by atoms with Gasteiger partial charge in [0.2, 0.25) is 5.91 Å². The number of hydrogen-bond acceptors (Lipinski definition) is 8. The van der Waals surface area contributed by atoms with E-state index in [4.69, 9.17) is 14.5 Å². The summed E-state index contributed by atoms with van der Waals surface area (Å²) in [6.45, 7) is 8.31. The van der Waals surface area contributed by atoms with E-state index >= 15 is 0 Å². The van der Waals surface area contributed by atoms with Crippen LogP contribution in [0.15, 0.2) is 119 Å². The van der Waals surface area contributed by atoms with Gasteiger partial charge in [-0.05, 0) is 69.7 Å². The van der Waals surface area contributed by atoms with Gasteiger partial charge in [0.1, 0.15) is 19.0 Å². The number of nitrogens with zero attached hydrogens (tertiary/aromatic N) is 1. The Labute approximate surface area is 340 Å². The largest absolute Gasteiger partial charge is 0.511 e. The van der Waals surface area contributed by atoms with Gasteiger partial charge < -0.3 is 25.2 Å². The van der Waals surface area contributed by atoms with Crippen molar-refractivity contribution in [3.63, 3.8) is 0 Å². The second-order valence-corrected chi connectivity index (χ2v) is 16.4. The maximum atomic E-state index is 13.2. The Morgan fingerprint density at radius 1 is 0.810 bits per heavy atom. The van der Waals surface area contributed by atoms with Crippen molar-refractivity contribution in [2.45, 2.75) is 84.8 Å². The summed E-state index contributed by atoms with van der Waals surface area (Å²) in [5, 5.41) is 16.5. The molecule has 2 aliphatic carbocycles. The molecule has 1 atom stereocenters. The zero-order valence-corrected chi connectivity index (χ0v) is 33.8. The van der Waals surface area contributed by atoms with Crippen molar-refractivity contribution in [1.29, 1.82) is 0 Å². The smallest absolute Gasteiger partial charge is 0.407 e. The number of ketones is 1. The normalized spacial score (nSPS) is 15.4. The molecule has 4 aromatic carbocycles. The van der Waals surface area contributed by atoms with E-state index in [-0.39, 0.29) is 67.3 Å². The standard InChI is InChI=1S/C48H53N3O7/c1-31(2)24-41(46-42(52)27-48(3,4)28-43(46)53)50-34-20-18-33(19-21-34)29-57-45(55)22-23-49-44(54)26-35(25-32-12-6-5-7-13-32)51-47(56)58-30-40-38-16-10-8-14-36(38)37-15-9-11-17-39(37)40/h5-21,31,35,40,52H,22-30H2,1-4H3,(H,49,54)(H,51,56). The predicted molar refractivity (Wildman–Crippen MR) is 225 cm³/mol. The minimum Gasteiger partial charge on any atom is -0.511 e. The van der Waals surface area contributed by atoms with Crippen LogP contribution >= 0.6 is 0 Å². The van der Waals surface area contributed by atoms with Crippen molar-refractivity contribution in [2.75, 3.05) is 13.2 Å². The van der Waals surface area contributed by atoms with Gasteiger partial charge in [-0.15, -0.1) is 0 Å². The molecule has 58 heavy (non-hydrogen) atoms. The first kappa shape index (κ1) is 41.6. The molecule has 0 saturated carbocycles. The molecule has 0 aromatic heterocycles. The van der Waals surface area contributed by atoms with Crippen molar-refractivity contribution in [3.8, 4) is 11.1 Å². The summed E-state index contributed by atoms with van der Waals surface area (Å²) in [6.07, 6.45) is 1.10. The highest BCUT2D eigenvalue weighted by Crippen LogP contribution is 2.44. The third kappa shape index (κ3) is 11.1. The number of fused-ring (bicyclic) bond motifs is 3. The highest BCUT2D eigenvalue weighted by Gasteiger charge is 2.35. The van der Waals surface area contributed by atoms with Gasteiger partial charge in [-0.2, -0.15) is 0 Å². The molecule has 1 unspecified atom stereocenters. The molecular weight excluding hydrogens is 731 g/mol. The zero-order valence-electron chi connectivity index (χ0n) is 33.8. The maximum Gasteiger partial charge on any atom is 0.407 e. The van der Waals surface area contributed by atoms with Crippen LogP contribution in [0, 0.1) is 11.3 Å². The van der Waals surface area contributed by atoms with Crippen LogP contribution in [0.3, 0.4) is 0 Å². The quantitative estimate of drug-likeness (QED) is 0.0760. The fourth-order valence-corrected chi connectivity index (χ4v) is 7.74. The fraction of sp³-hybridized carbons (Fsp3) is 0.354. The van der Waals surface area contributed by atoms with E-state index in [9.17, 15) is 24.3 Å². The number of alkyl carbamates (subject to hydrolysis) is 1. The summed E-state index contributed by atoms with van der Waals surface area (Å²) in [4.78, 5) is 56.6. The van der Waals surface area contributed by atoms with Crippen LogP contribution in [0.1, 0.15) is 88.0 Å². The number of allylic oxidation sites excluding steroid dienone is 2. The predicted octanol–water partition coefficient (Wildman–Crippen LogP) is 9.10. The number of carbonyl (C=O) groups is 4. The molecule has 0 spiro atoms. The molecule has 4 aromatic rings. The van der Waals surface area contributed by atoms with E-state index < -0.39 is 18.1 Å². The van der Waals surface area contributed by atoms with E-state index in [1.165, 1.54) is 0 Å². The lowest BCUT2D eigenvalue weighted by Gasteiger charge is -2.30. The minimum absolute atomic E-state index is 0.00903. The van der Waals surface area contributed by atoms with Gasteiger partial charge in [0.15, 0.2) is 5.78 Å². The van der Waals surface area contributed by atoms with Gasteiger partial charge in [0.05, 0.1) is 23.4 Å². The molecule has 10 nitrogen and oxygen atoms in total. The molecule has 0 fully saturated rings. The molecule has 0 aliphatic heterocycles. The van der Waals surface area contributed by atoms with E-state index in [0.717, 1.165) is 33.4 Å². The van der Waals surface area contributed by atoms with Gasteiger partial charge in [-0.25, -0.2) is 4.79 Å². The van der Waals surface area contributed by atoms with E-state index in [0.29, 0.717) is 42.7 Å². The highest BCUT2D eigenvalue weighted by atomic mass is 16.5. The number of nitrogens with one attached hydrogen (secondary N) is 2. The molecule has 0 radical (unpaired) electrons. The Morgan fingerprint density at radius 3 is 2.09 bits per heavy atom. The zero-order chi connectivity index (χ0) is 41.2. The lowest BCUT2D eigenvalue weighted by molar-refractivity contribution is -0.144. The summed E-state index contributed by atoms with van der Waals surface area (Å²) < 4.78 is 11.2. The number of rotatable bonds is 16. The first-order chi connectivity index (χ1) is 27.8. The number of benzene rings is 4. The number of ether oxygens (including phenoxy) is 2. The van der Waals surface area contributed by atoms with Crippen molar-refractivity contribution in [2.24, 2.45) is 16.3 Å². The average Bonchev–Trinajstić information content (AvgIpc) is 3.49. The monoisotopic (exact) mass is 783 g/mol. The molecule has 2 amide bonds. The Kier molecular flexibility index (Phi) is 13.6. The van der Waals surface area contributed by atoms with Crippen molar-refractivity contribution in [3.05, 3.63) is 137 Å². The number of aliphatic imine (C=N–C) groups is 1. The SMILES string of the molecule is CC(C)CC(=Nc1ccc(COC(=O)CCNC(=O)CC(Cc2ccccc2)NC(=O)OCC2c3ccccc3-c3ccccc32)cc1)C1=C(O)CC(C)(C)CC1=O. The summed E-state index contributed by atoms with van der Waals surface area (Å²) >= 11 is 0.